The van der Waals surface area contributed by atoms with Crippen LogP contribution in [0.15, 0.2) is 51.7 Å². The van der Waals surface area contributed by atoms with Crippen LogP contribution in [0.5, 0.6) is 0 Å². The van der Waals surface area contributed by atoms with Crippen molar-refractivity contribution in [2.45, 2.75) is 26.1 Å². The molecule has 0 radical (unpaired) electrons. The number of amides is 1. The Morgan fingerprint density at radius 1 is 1.15 bits per heavy atom. The minimum absolute atomic E-state index is 0.122. The van der Waals surface area contributed by atoms with Gasteiger partial charge in [0.25, 0.3) is 5.91 Å². The minimum atomic E-state index is -4.64. The number of carbonyl (C=O) groups excluding carboxylic acids is 1. The van der Waals surface area contributed by atoms with Crippen LogP contribution in [0.3, 0.4) is 0 Å². The molecule has 1 aromatic heterocycles. The molecule has 3 rings (SSSR count). The number of oxazole rings is 1. The first-order chi connectivity index (χ1) is 12.2. The van der Waals surface area contributed by atoms with Crippen molar-refractivity contribution in [2.75, 3.05) is 5.32 Å². The third-order valence-electron chi connectivity index (χ3n) is 3.86. The quantitative estimate of drug-likeness (QED) is 0.747. The number of aromatic nitrogens is 1. The molecular weight excluding hydrogens is 349 g/mol. The first-order valence-electron chi connectivity index (χ1n) is 7.81. The van der Waals surface area contributed by atoms with Crippen LogP contribution >= 0.6 is 0 Å². The fourth-order valence-electron chi connectivity index (χ4n) is 2.73. The molecule has 0 fully saturated rings. The van der Waals surface area contributed by atoms with Crippen LogP contribution in [-0.2, 0) is 6.18 Å². The van der Waals surface area contributed by atoms with E-state index in [4.69, 9.17) is 4.42 Å². The predicted octanol–water partition coefficient (Wildman–Crippen LogP) is 4.45. The van der Waals surface area contributed by atoms with E-state index in [0.717, 1.165) is 12.1 Å². The van der Waals surface area contributed by atoms with Crippen LogP contribution < -0.4 is 11.1 Å². The topological polar surface area (TPSA) is 64.2 Å². The lowest BCUT2D eigenvalue weighted by atomic mass is 10.1. The molecule has 0 aliphatic carbocycles. The summed E-state index contributed by atoms with van der Waals surface area (Å²) < 4.78 is 45.7. The molecule has 5 nitrogen and oxygen atoms in total. The second kappa shape index (κ2) is 6.36. The van der Waals surface area contributed by atoms with E-state index in [2.05, 4.69) is 5.32 Å². The fourth-order valence-corrected chi connectivity index (χ4v) is 2.73. The number of fused-ring (bicyclic) bond motifs is 1. The maximum absolute atomic E-state index is 13.0. The number of hydrogen-bond donors (Lipinski definition) is 1. The van der Waals surface area contributed by atoms with Gasteiger partial charge in [-0.1, -0.05) is 12.1 Å². The molecule has 0 aliphatic rings. The zero-order valence-corrected chi connectivity index (χ0v) is 13.9. The number of hydrogen-bond acceptors (Lipinski definition) is 3. The Morgan fingerprint density at radius 2 is 1.85 bits per heavy atom. The van der Waals surface area contributed by atoms with Crippen LogP contribution in [0, 0.1) is 0 Å². The van der Waals surface area contributed by atoms with E-state index in [9.17, 15) is 22.8 Å². The Balaban J connectivity index is 1.95. The molecule has 1 N–H and O–H groups in total. The number of nitrogens with one attached hydrogen (secondary N) is 1. The molecule has 0 spiro atoms. The van der Waals surface area contributed by atoms with Gasteiger partial charge >= 0.3 is 11.9 Å². The zero-order chi connectivity index (χ0) is 19.1. The van der Waals surface area contributed by atoms with Crippen LogP contribution in [0.4, 0.5) is 18.9 Å². The predicted molar refractivity (Wildman–Crippen MR) is 90.3 cm³/mol. The van der Waals surface area contributed by atoms with E-state index in [-0.39, 0.29) is 17.3 Å². The van der Waals surface area contributed by atoms with Crippen molar-refractivity contribution in [1.82, 2.24) is 4.57 Å². The minimum Gasteiger partial charge on any atom is -0.408 e. The lowest BCUT2D eigenvalue weighted by molar-refractivity contribution is -0.137. The van der Waals surface area contributed by atoms with Gasteiger partial charge in [0.2, 0.25) is 0 Å². The molecule has 3 aromatic rings. The average molecular weight is 364 g/mol. The molecule has 2 aromatic carbocycles. The third-order valence-corrected chi connectivity index (χ3v) is 3.86. The fraction of sp³-hybridized carbons (Fsp3) is 0.222. The maximum Gasteiger partial charge on any atom is 0.420 e. The van der Waals surface area contributed by atoms with Gasteiger partial charge in [0, 0.05) is 17.8 Å². The maximum atomic E-state index is 13.0. The van der Waals surface area contributed by atoms with E-state index >= 15 is 0 Å². The van der Waals surface area contributed by atoms with Crippen molar-refractivity contribution in [2.24, 2.45) is 0 Å². The molecule has 0 saturated heterocycles. The number of nitrogens with zero attached hydrogens (tertiary/aromatic N) is 1. The Hall–Kier alpha value is -3.03. The van der Waals surface area contributed by atoms with Gasteiger partial charge in [0.15, 0.2) is 5.58 Å². The van der Waals surface area contributed by atoms with Crippen LogP contribution in [0.1, 0.15) is 35.8 Å². The van der Waals surface area contributed by atoms with Gasteiger partial charge in [-0.2, -0.15) is 13.2 Å². The second-order valence-electron chi connectivity index (χ2n) is 6.01. The molecule has 0 aliphatic heterocycles. The lowest BCUT2D eigenvalue weighted by Gasteiger charge is -2.12. The van der Waals surface area contributed by atoms with Gasteiger partial charge in [0.1, 0.15) is 0 Å². The Labute approximate surface area is 146 Å². The highest BCUT2D eigenvalue weighted by molar-refractivity contribution is 6.06. The molecule has 0 bridgehead atoms. The first kappa shape index (κ1) is 17.8. The van der Waals surface area contributed by atoms with Gasteiger partial charge in [-0.25, -0.2) is 4.79 Å². The normalized spacial score (nSPS) is 11.9. The van der Waals surface area contributed by atoms with Crippen molar-refractivity contribution < 1.29 is 22.4 Å². The van der Waals surface area contributed by atoms with Crippen LogP contribution in [0.2, 0.25) is 0 Å². The van der Waals surface area contributed by atoms with E-state index in [0.29, 0.717) is 5.52 Å². The number of anilines is 1. The van der Waals surface area contributed by atoms with Crippen LogP contribution in [0.25, 0.3) is 11.1 Å². The van der Waals surface area contributed by atoms with Crippen molar-refractivity contribution in [1.29, 1.82) is 0 Å². The molecule has 0 unspecified atom stereocenters. The van der Waals surface area contributed by atoms with Crippen molar-refractivity contribution >= 4 is 22.7 Å². The Bertz CT molecular complexity index is 1030. The summed E-state index contributed by atoms with van der Waals surface area (Å²) in [6, 6.07) is 8.89. The summed E-state index contributed by atoms with van der Waals surface area (Å²) >= 11 is 0. The van der Waals surface area contributed by atoms with Crippen molar-refractivity contribution in [3.63, 3.8) is 0 Å². The highest BCUT2D eigenvalue weighted by Gasteiger charge is 2.34. The average Bonchev–Trinajstić information content (AvgIpc) is 2.89. The van der Waals surface area contributed by atoms with E-state index in [1.54, 1.807) is 6.07 Å². The molecule has 0 atom stereocenters. The van der Waals surface area contributed by atoms with E-state index < -0.39 is 29.0 Å². The SMILES string of the molecule is CC(C)n1c(=O)oc2cc(NC(=O)c3ccccc3C(F)(F)F)ccc21. The first-order valence-corrected chi connectivity index (χ1v) is 7.81. The number of rotatable bonds is 3. The summed E-state index contributed by atoms with van der Waals surface area (Å²) in [5.41, 5.74) is -0.495. The standard InChI is InChI=1S/C18H15F3N2O3/c1-10(2)23-14-8-7-11(9-15(14)26-17(23)25)22-16(24)12-5-3-4-6-13(12)18(19,20)21/h3-10H,1-2H3,(H,22,24). The van der Waals surface area contributed by atoms with Gasteiger partial charge in [-0.05, 0) is 38.1 Å². The van der Waals surface area contributed by atoms with Gasteiger partial charge in [0.05, 0.1) is 16.6 Å². The largest absolute Gasteiger partial charge is 0.420 e. The number of benzene rings is 2. The van der Waals surface area contributed by atoms with Gasteiger partial charge < -0.3 is 9.73 Å². The van der Waals surface area contributed by atoms with Crippen LogP contribution in [-0.4, -0.2) is 10.5 Å². The van der Waals surface area contributed by atoms with Gasteiger partial charge in [-0.3, -0.25) is 9.36 Å². The molecular formula is C18H15F3N2O3. The summed E-state index contributed by atoms with van der Waals surface area (Å²) in [7, 11) is 0. The summed E-state index contributed by atoms with van der Waals surface area (Å²) in [6.07, 6.45) is -4.64. The van der Waals surface area contributed by atoms with E-state index in [1.807, 2.05) is 13.8 Å². The zero-order valence-electron chi connectivity index (χ0n) is 13.9. The second-order valence-corrected chi connectivity index (χ2v) is 6.01. The van der Waals surface area contributed by atoms with E-state index in [1.165, 1.54) is 28.8 Å². The number of carbonyl (C=O) groups is 1. The summed E-state index contributed by atoms with van der Waals surface area (Å²) in [5.74, 6) is -1.44. The third kappa shape index (κ3) is 3.22. The number of alkyl halides is 3. The Morgan fingerprint density at radius 3 is 2.50 bits per heavy atom. The summed E-state index contributed by atoms with van der Waals surface area (Å²) in [6.45, 7) is 3.64. The molecule has 26 heavy (non-hydrogen) atoms. The number of halogens is 3. The monoisotopic (exact) mass is 364 g/mol. The molecule has 0 saturated carbocycles. The summed E-state index contributed by atoms with van der Waals surface area (Å²) in [4.78, 5) is 24.2. The van der Waals surface area contributed by atoms with Crippen molar-refractivity contribution in [3.8, 4) is 0 Å². The summed E-state index contributed by atoms with van der Waals surface area (Å²) in [5, 5.41) is 2.41. The van der Waals surface area contributed by atoms with Gasteiger partial charge in [-0.15, -0.1) is 0 Å². The molecule has 8 heteroatoms. The Kier molecular flexibility index (Phi) is 4.35. The molecule has 1 heterocycles. The highest BCUT2D eigenvalue weighted by atomic mass is 19.4. The van der Waals surface area contributed by atoms with Crippen molar-refractivity contribution in [3.05, 3.63) is 64.1 Å². The molecule has 136 valence electrons. The highest BCUT2D eigenvalue weighted by Crippen LogP contribution is 2.32. The molecule has 1 amide bonds. The lowest BCUT2D eigenvalue weighted by Crippen LogP contribution is -2.18. The smallest absolute Gasteiger partial charge is 0.408 e.